The molecule has 6 heteroatoms. The first-order valence-electron chi connectivity index (χ1n) is 10.0. The second-order valence-corrected chi connectivity index (χ2v) is 8.09. The number of carbonyl (C=O) groups excluding carboxylic acids is 1. The number of hydrogen-bond acceptors (Lipinski definition) is 3. The highest BCUT2D eigenvalue weighted by Gasteiger charge is 2.27. The SMILES string of the molecule is O=C(NCCC1=CCCCC1)[C@H]1CCCN(c2nc3ccc(Cl)cc3[nH]2)C1. The molecule has 0 radical (unpaired) electrons. The summed E-state index contributed by atoms with van der Waals surface area (Å²) in [6.07, 6.45) is 10.3. The van der Waals surface area contributed by atoms with Gasteiger partial charge < -0.3 is 15.2 Å². The summed E-state index contributed by atoms with van der Waals surface area (Å²) in [6, 6.07) is 5.66. The third-order valence-electron chi connectivity index (χ3n) is 5.65. The van der Waals surface area contributed by atoms with E-state index in [-0.39, 0.29) is 11.8 Å². The summed E-state index contributed by atoms with van der Waals surface area (Å²) in [5.41, 5.74) is 3.35. The highest BCUT2D eigenvalue weighted by Crippen LogP contribution is 2.25. The predicted molar refractivity (Wildman–Crippen MR) is 110 cm³/mol. The number of anilines is 1. The van der Waals surface area contributed by atoms with Crippen molar-refractivity contribution in [1.82, 2.24) is 15.3 Å². The molecule has 1 aromatic carbocycles. The number of carbonyl (C=O) groups is 1. The van der Waals surface area contributed by atoms with E-state index in [0.29, 0.717) is 11.6 Å². The Balaban J connectivity index is 1.34. The zero-order valence-corrected chi connectivity index (χ0v) is 16.4. The molecule has 1 aromatic heterocycles. The second-order valence-electron chi connectivity index (χ2n) is 7.66. The summed E-state index contributed by atoms with van der Waals surface area (Å²) in [6.45, 7) is 2.39. The van der Waals surface area contributed by atoms with Gasteiger partial charge in [0.15, 0.2) is 0 Å². The molecule has 0 saturated carbocycles. The van der Waals surface area contributed by atoms with Crippen LogP contribution in [0.15, 0.2) is 29.8 Å². The number of H-pyrrole nitrogens is 1. The van der Waals surface area contributed by atoms with Crippen LogP contribution in [0.3, 0.4) is 0 Å². The first-order valence-corrected chi connectivity index (χ1v) is 10.4. The minimum atomic E-state index is 0.0240. The average molecular weight is 387 g/mol. The molecule has 5 nitrogen and oxygen atoms in total. The number of piperidine rings is 1. The number of imidazole rings is 1. The Hall–Kier alpha value is -2.01. The van der Waals surface area contributed by atoms with Gasteiger partial charge in [0.2, 0.25) is 11.9 Å². The number of benzene rings is 1. The zero-order valence-electron chi connectivity index (χ0n) is 15.6. The summed E-state index contributed by atoms with van der Waals surface area (Å²) in [5, 5.41) is 3.85. The van der Waals surface area contributed by atoms with Gasteiger partial charge >= 0.3 is 0 Å². The largest absolute Gasteiger partial charge is 0.355 e. The van der Waals surface area contributed by atoms with Crippen molar-refractivity contribution in [2.75, 3.05) is 24.5 Å². The van der Waals surface area contributed by atoms with E-state index < -0.39 is 0 Å². The van der Waals surface area contributed by atoms with Gasteiger partial charge in [0.1, 0.15) is 0 Å². The number of nitrogens with zero attached hydrogens (tertiary/aromatic N) is 2. The summed E-state index contributed by atoms with van der Waals surface area (Å²) < 4.78 is 0. The maximum atomic E-state index is 12.6. The third-order valence-corrected chi connectivity index (χ3v) is 5.89. The van der Waals surface area contributed by atoms with Gasteiger partial charge in [0.05, 0.1) is 17.0 Å². The van der Waals surface area contributed by atoms with Crippen molar-refractivity contribution < 1.29 is 4.79 Å². The van der Waals surface area contributed by atoms with Crippen LogP contribution in [0.2, 0.25) is 5.02 Å². The monoisotopic (exact) mass is 386 g/mol. The minimum absolute atomic E-state index is 0.0240. The van der Waals surface area contributed by atoms with Crippen LogP contribution in [-0.2, 0) is 4.79 Å². The van der Waals surface area contributed by atoms with Crippen molar-refractivity contribution in [3.63, 3.8) is 0 Å². The van der Waals surface area contributed by atoms with Gasteiger partial charge in [0.25, 0.3) is 0 Å². The van der Waals surface area contributed by atoms with E-state index in [4.69, 9.17) is 11.6 Å². The Bertz CT molecular complexity index is 844. The van der Waals surface area contributed by atoms with E-state index in [0.717, 1.165) is 49.3 Å². The van der Waals surface area contributed by atoms with Crippen LogP contribution in [0.25, 0.3) is 11.0 Å². The van der Waals surface area contributed by atoms with E-state index >= 15 is 0 Å². The fourth-order valence-electron chi connectivity index (χ4n) is 4.12. The zero-order chi connectivity index (χ0) is 18.6. The van der Waals surface area contributed by atoms with E-state index in [1.807, 2.05) is 18.2 Å². The molecular formula is C21H27ClN4O. The predicted octanol–water partition coefficient (Wildman–Crippen LogP) is 4.44. The average Bonchev–Trinajstić information content (AvgIpc) is 3.12. The Kier molecular flexibility index (Phi) is 5.67. The summed E-state index contributed by atoms with van der Waals surface area (Å²) in [4.78, 5) is 22.8. The lowest BCUT2D eigenvalue weighted by Gasteiger charge is -2.31. The van der Waals surface area contributed by atoms with Crippen molar-refractivity contribution in [3.05, 3.63) is 34.9 Å². The van der Waals surface area contributed by atoms with Crippen LogP contribution in [0.1, 0.15) is 44.9 Å². The Labute approximate surface area is 165 Å². The second kappa shape index (κ2) is 8.34. The molecule has 0 bridgehead atoms. The maximum absolute atomic E-state index is 12.6. The molecule has 2 N–H and O–H groups in total. The molecule has 2 aliphatic rings. The molecule has 1 fully saturated rings. The van der Waals surface area contributed by atoms with Gasteiger partial charge in [-0.3, -0.25) is 4.79 Å². The molecule has 144 valence electrons. The van der Waals surface area contributed by atoms with Crippen LogP contribution in [-0.4, -0.2) is 35.5 Å². The van der Waals surface area contributed by atoms with Crippen LogP contribution >= 0.6 is 11.6 Å². The van der Waals surface area contributed by atoms with E-state index in [1.165, 1.54) is 31.3 Å². The number of fused-ring (bicyclic) bond motifs is 1. The number of allylic oxidation sites excluding steroid dienone is 1. The Morgan fingerprint density at radius 2 is 2.26 bits per heavy atom. The highest BCUT2D eigenvalue weighted by atomic mass is 35.5. The standard InChI is InChI=1S/C21H27ClN4O/c22-17-8-9-18-19(13-17)25-21(24-18)26-12-4-7-16(14-26)20(27)23-11-10-15-5-2-1-3-6-15/h5,8-9,13,16H,1-4,6-7,10-12,14H2,(H,23,27)(H,24,25)/t16-/m0/s1. The fraction of sp³-hybridized carbons (Fsp3) is 0.524. The lowest BCUT2D eigenvalue weighted by Crippen LogP contribution is -2.43. The summed E-state index contributed by atoms with van der Waals surface area (Å²) in [7, 11) is 0. The van der Waals surface area contributed by atoms with Crippen LogP contribution < -0.4 is 10.2 Å². The fourth-order valence-corrected chi connectivity index (χ4v) is 4.30. The number of hydrogen-bond donors (Lipinski definition) is 2. The van der Waals surface area contributed by atoms with Gasteiger partial charge in [-0.25, -0.2) is 4.98 Å². The first kappa shape index (κ1) is 18.4. The molecule has 1 saturated heterocycles. The van der Waals surface area contributed by atoms with Crippen LogP contribution in [0.5, 0.6) is 0 Å². The number of aromatic amines is 1. The van der Waals surface area contributed by atoms with Crippen molar-refractivity contribution in [3.8, 4) is 0 Å². The number of amides is 1. The molecule has 27 heavy (non-hydrogen) atoms. The Morgan fingerprint density at radius 1 is 1.33 bits per heavy atom. The van der Waals surface area contributed by atoms with Gasteiger partial charge in [-0.1, -0.05) is 23.3 Å². The lowest BCUT2D eigenvalue weighted by atomic mass is 9.96. The smallest absolute Gasteiger partial charge is 0.224 e. The van der Waals surface area contributed by atoms with Crippen molar-refractivity contribution in [2.24, 2.45) is 5.92 Å². The highest BCUT2D eigenvalue weighted by molar-refractivity contribution is 6.31. The number of halogens is 1. The maximum Gasteiger partial charge on any atom is 0.224 e. The first-order chi connectivity index (χ1) is 13.2. The normalized spacial score (nSPS) is 20.6. The minimum Gasteiger partial charge on any atom is -0.355 e. The third kappa shape index (κ3) is 4.46. The number of aromatic nitrogens is 2. The summed E-state index contributed by atoms with van der Waals surface area (Å²) >= 11 is 6.06. The van der Waals surface area contributed by atoms with E-state index in [9.17, 15) is 4.79 Å². The lowest BCUT2D eigenvalue weighted by molar-refractivity contribution is -0.125. The van der Waals surface area contributed by atoms with Crippen molar-refractivity contribution in [2.45, 2.75) is 44.9 Å². The molecule has 1 aliphatic carbocycles. The molecule has 1 amide bonds. The van der Waals surface area contributed by atoms with Crippen molar-refractivity contribution in [1.29, 1.82) is 0 Å². The summed E-state index contributed by atoms with van der Waals surface area (Å²) in [5.74, 6) is 1.03. The molecule has 2 heterocycles. The molecule has 0 spiro atoms. The molecular weight excluding hydrogens is 360 g/mol. The molecule has 1 aliphatic heterocycles. The van der Waals surface area contributed by atoms with Gasteiger partial charge in [-0.05, 0) is 63.1 Å². The topological polar surface area (TPSA) is 61.0 Å². The van der Waals surface area contributed by atoms with Gasteiger partial charge in [-0.15, -0.1) is 0 Å². The van der Waals surface area contributed by atoms with E-state index in [1.54, 1.807) is 0 Å². The molecule has 1 atom stereocenters. The van der Waals surface area contributed by atoms with E-state index in [2.05, 4.69) is 26.3 Å². The molecule has 4 rings (SSSR count). The van der Waals surface area contributed by atoms with Crippen LogP contribution in [0.4, 0.5) is 5.95 Å². The molecule has 0 unspecified atom stereocenters. The van der Waals surface area contributed by atoms with Crippen molar-refractivity contribution >= 4 is 34.5 Å². The van der Waals surface area contributed by atoms with Crippen LogP contribution in [0, 0.1) is 5.92 Å². The van der Waals surface area contributed by atoms with Gasteiger partial charge in [0, 0.05) is 24.7 Å². The van der Waals surface area contributed by atoms with Gasteiger partial charge in [-0.2, -0.15) is 0 Å². The number of rotatable bonds is 5. The molecule has 2 aromatic rings. The number of nitrogens with one attached hydrogen (secondary N) is 2. The Morgan fingerprint density at radius 3 is 3.11 bits per heavy atom. The quantitative estimate of drug-likeness (QED) is 0.747.